The first-order valence-electron chi connectivity index (χ1n) is 23.1. The Morgan fingerprint density at radius 1 is 0.969 bits per heavy atom. The fraction of sp³-hybridized carbons (Fsp3) is 0.434. The molecule has 2 N–H and O–H groups in total. The summed E-state index contributed by atoms with van der Waals surface area (Å²) in [4.78, 5) is 33.8. The van der Waals surface area contributed by atoms with E-state index in [0.29, 0.717) is 54.3 Å². The summed E-state index contributed by atoms with van der Waals surface area (Å²) in [5.41, 5.74) is 2.61. The van der Waals surface area contributed by atoms with Crippen molar-refractivity contribution in [3.05, 3.63) is 137 Å². The highest BCUT2D eigenvalue weighted by Crippen LogP contribution is 2.62. The van der Waals surface area contributed by atoms with Gasteiger partial charge in [-0.05, 0) is 135 Å². The van der Waals surface area contributed by atoms with Crippen molar-refractivity contribution in [2.45, 2.75) is 102 Å². The molecular weight excluding hydrogens is 823 g/mol. The van der Waals surface area contributed by atoms with Crippen molar-refractivity contribution in [3.8, 4) is 17.2 Å². The molecule has 344 valence electrons. The molecule has 1 heterocycles. The van der Waals surface area contributed by atoms with E-state index in [1.807, 2.05) is 69.0 Å². The van der Waals surface area contributed by atoms with Crippen molar-refractivity contribution in [2.24, 2.45) is 22.9 Å². The molecule has 6 atom stereocenters. The molecule has 2 aliphatic carbocycles. The first kappa shape index (κ1) is 47.2. The van der Waals surface area contributed by atoms with Crippen LogP contribution in [-0.2, 0) is 14.4 Å². The summed E-state index contributed by atoms with van der Waals surface area (Å²) in [5, 5.41) is 38.4. The summed E-state index contributed by atoms with van der Waals surface area (Å²) >= 11 is 0. The third-order valence-corrected chi connectivity index (χ3v) is 12.7. The average molecular weight is 886 g/mol. The number of fused-ring (bicyclic) bond motifs is 3. The molecular formula is C53H63N3O9. The molecule has 0 aromatic heterocycles. The van der Waals surface area contributed by atoms with E-state index < -0.39 is 28.3 Å². The van der Waals surface area contributed by atoms with Gasteiger partial charge in [0, 0.05) is 55.9 Å². The number of unbranched alkanes of at least 4 members (excludes halogenated alkanes) is 2. The van der Waals surface area contributed by atoms with Crippen molar-refractivity contribution in [1.29, 1.82) is 0 Å². The number of carbonyl (C=O) groups is 1. The Bertz CT molecular complexity index is 2400. The van der Waals surface area contributed by atoms with E-state index in [0.717, 1.165) is 47.6 Å². The van der Waals surface area contributed by atoms with Crippen molar-refractivity contribution >= 4 is 34.2 Å². The van der Waals surface area contributed by atoms with E-state index >= 15 is 0 Å². The molecule has 1 saturated carbocycles. The number of rotatable bonds is 20. The average Bonchev–Trinajstić information content (AvgIpc) is 3.29. The number of carbonyl (C=O) groups excluding carboxylic acids is 1. The zero-order valence-corrected chi connectivity index (χ0v) is 38.1. The molecule has 0 bridgehead atoms. The monoisotopic (exact) mass is 885 g/mol. The van der Waals surface area contributed by atoms with Gasteiger partial charge in [-0.3, -0.25) is 14.9 Å². The third-order valence-electron chi connectivity index (χ3n) is 12.7. The van der Waals surface area contributed by atoms with Gasteiger partial charge in [-0.1, -0.05) is 67.4 Å². The maximum atomic E-state index is 14.8. The summed E-state index contributed by atoms with van der Waals surface area (Å²) in [6.45, 7) is 12.6. The van der Waals surface area contributed by atoms with E-state index in [4.69, 9.17) is 24.2 Å². The fourth-order valence-electron chi connectivity index (χ4n) is 9.90. The van der Waals surface area contributed by atoms with Crippen LogP contribution >= 0.6 is 0 Å². The van der Waals surface area contributed by atoms with Crippen LogP contribution in [0.3, 0.4) is 0 Å². The van der Waals surface area contributed by atoms with Crippen LogP contribution in [0.2, 0.25) is 0 Å². The lowest BCUT2D eigenvalue weighted by molar-refractivity contribution is -0.384. The van der Waals surface area contributed by atoms with Crippen LogP contribution in [0.5, 0.6) is 17.2 Å². The minimum Gasteiger partial charge on any atom is -0.459 e. The van der Waals surface area contributed by atoms with E-state index in [2.05, 4.69) is 36.9 Å². The number of ether oxygens (including phenoxy) is 3. The molecule has 0 saturated heterocycles. The van der Waals surface area contributed by atoms with Gasteiger partial charge >= 0.3 is 0 Å². The Hall–Kier alpha value is -5.82. The van der Waals surface area contributed by atoms with Gasteiger partial charge in [-0.15, -0.1) is 6.58 Å². The van der Waals surface area contributed by atoms with Crippen LogP contribution in [0.25, 0.3) is 16.8 Å². The standard InChI is InChI=1S/C53H63N3O9/c1-6-28-55(49(59)27-20-36-18-22-40(23-19-36)56(60)61)48-35-46(54-65-52(3,4)5)44-33-39(16-10-12-29-57)43(17-11-13-30-58)50-45-34-42(63-41-24-21-37-14-8-9-15-38(37)32-41)25-26-47(45)64-53(48,51(44)50)62-31-7-2/h7-9,14-15,18-27,32-34,39,43,48,50-51,57-58H,2,6,10-13,16-17,28-31,35H2,1,3-5H3/t39-,43+,48-,50+,51+,53+/m0/s1. The summed E-state index contributed by atoms with van der Waals surface area (Å²) in [6.07, 6.45) is 12.7. The SMILES string of the molecule is C=CCO[C@@]12Oc3ccc(Oc4ccc5ccccc5c4)cc3[C@H]3[C@H](CCCCO)[C@@H](CCCCO)C=C(C(=NOC(C)(C)C)C[C@@H]1N(CCC)C(=O)C=Cc1ccc([N+](=O)[O-])cc1)[C@H]32. The highest BCUT2D eigenvalue weighted by atomic mass is 16.7. The molecule has 12 heteroatoms. The number of nitrogens with zero attached hydrogens (tertiary/aromatic N) is 3. The van der Waals surface area contributed by atoms with Crippen molar-refractivity contribution in [3.63, 3.8) is 0 Å². The third kappa shape index (κ3) is 10.7. The quantitative estimate of drug-likeness (QED) is 0.0290. The summed E-state index contributed by atoms with van der Waals surface area (Å²) < 4.78 is 21.2. The zero-order chi connectivity index (χ0) is 46.1. The Morgan fingerprint density at radius 3 is 2.37 bits per heavy atom. The molecule has 7 rings (SSSR count). The van der Waals surface area contributed by atoms with Crippen molar-refractivity contribution in [2.75, 3.05) is 26.4 Å². The molecule has 0 unspecified atom stereocenters. The lowest BCUT2D eigenvalue weighted by Crippen LogP contribution is -2.70. The van der Waals surface area contributed by atoms with Crippen molar-refractivity contribution in [1.82, 2.24) is 4.90 Å². The van der Waals surface area contributed by atoms with Gasteiger partial charge in [0.05, 0.1) is 23.2 Å². The van der Waals surface area contributed by atoms with E-state index in [1.54, 1.807) is 24.3 Å². The Kier molecular flexibility index (Phi) is 15.2. The zero-order valence-electron chi connectivity index (χ0n) is 38.1. The van der Waals surface area contributed by atoms with Gasteiger partial charge < -0.3 is 34.2 Å². The first-order chi connectivity index (χ1) is 31.4. The van der Waals surface area contributed by atoms with Crippen LogP contribution in [0.4, 0.5) is 5.69 Å². The maximum absolute atomic E-state index is 14.8. The first-order valence-corrected chi connectivity index (χ1v) is 23.1. The molecule has 12 nitrogen and oxygen atoms in total. The number of aliphatic hydroxyl groups is 2. The molecule has 3 aliphatic rings. The Labute approximate surface area is 382 Å². The number of oxime groups is 1. The van der Waals surface area contributed by atoms with E-state index in [1.165, 1.54) is 18.2 Å². The number of hydrogen-bond acceptors (Lipinski definition) is 10. The number of benzene rings is 4. The molecule has 65 heavy (non-hydrogen) atoms. The van der Waals surface area contributed by atoms with Gasteiger partial charge in [-0.2, -0.15) is 0 Å². The number of nitro groups is 1. The molecule has 1 fully saturated rings. The largest absolute Gasteiger partial charge is 0.459 e. The lowest BCUT2D eigenvalue weighted by atomic mass is 9.55. The Morgan fingerprint density at radius 2 is 1.68 bits per heavy atom. The second-order valence-corrected chi connectivity index (χ2v) is 18.3. The van der Waals surface area contributed by atoms with Crippen LogP contribution in [0, 0.1) is 27.9 Å². The molecule has 0 spiro atoms. The highest BCUT2D eigenvalue weighted by Gasteiger charge is 2.65. The molecule has 0 radical (unpaired) electrons. The minimum atomic E-state index is -1.42. The second kappa shape index (κ2) is 21.0. The minimum absolute atomic E-state index is 0.0350. The fourth-order valence-corrected chi connectivity index (χ4v) is 9.90. The van der Waals surface area contributed by atoms with Gasteiger partial charge in [0.25, 0.3) is 5.69 Å². The number of amides is 1. The van der Waals surface area contributed by atoms with Crippen LogP contribution in [0.15, 0.2) is 120 Å². The van der Waals surface area contributed by atoms with Crippen LogP contribution in [0.1, 0.15) is 96.1 Å². The van der Waals surface area contributed by atoms with Gasteiger partial charge in [0.2, 0.25) is 11.7 Å². The second-order valence-electron chi connectivity index (χ2n) is 18.3. The molecule has 1 amide bonds. The summed E-state index contributed by atoms with van der Waals surface area (Å²) in [7, 11) is 0. The molecule has 1 aliphatic heterocycles. The van der Waals surface area contributed by atoms with Crippen LogP contribution < -0.4 is 9.47 Å². The van der Waals surface area contributed by atoms with E-state index in [-0.39, 0.29) is 55.6 Å². The number of nitro benzene ring substituents is 1. The Balaban J connectivity index is 1.42. The molecule has 4 aromatic carbocycles. The predicted molar refractivity (Wildman–Crippen MR) is 254 cm³/mol. The lowest BCUT2D eigenvalue weighted by Gasteiger charge is -2.60. The summed E-state index contributed by atoms with van der Waals surface area (Å²) in [5.74, 6) is -0.301. The number of aliphatic hydroxyl groups excluding tert-OH is 2. The topological polar surface area (TPSA) is 153 Å². The van der Waals surface area contributed by atoms with Gasteiger partial charge in [0.15, 0.2) is 0 Å². The van der Waals surface area contributed by atoms with E-state index in [9.17, 15) is 25.1 Å². The molecule has 4 aromatic rings. The number of allylic oxidation sites excluding steroid dienone is 1. The highest BCUT2D eigenvalue weighted by molar-refractivity contribution is 6.03. The van der Waals surface area contributed by atoms with Crippen LogP contribution in [-0.4, -0.2) is 75.5 Å². The predicted octanol–water partition coefficient (Wildman–Crippen LogP) is 10.9. The summed E-state index contributed by atoms with van der Waals surface area (Å²) in [6, 6.07) is 25.6. The van der Waals surface area contributed by atoms with Gasteiger partial charge in [0.1, 0.15) is 28.9 Å². The number of hydrogen-bond donors (Lipinski definition) is 2. The normalized spacial score (nSPS) is 23.0. The smallest absolute Gasteiger partial charge is 0.269 e. The maximum Gasteiger partial charge on any atom is 0.269 e. The van der Waals surface area contributed by atoms with Crippen molar-refractivity contribution < 1.29 is 39.0 Å². The number of non-ortho nitro benzene ring substituents is 1. The van der Waals surface area contributed by atoms with Gasteiger partial charge in [-0.25, -0.2) is 0 Å².